The summed E-state index contributed by atoms with van der Waals surface area (Å²) in [5, 5.41) is 14.9. The number of allylic oxidation sites excluding steroid dienone is 1. The molecule has 0 amide bonds. The number of nitro groups is 1. The van der Waals surface area contributed by atoms with E-state index in [-0.39, 0.29) is 17.9 Å². The van der Waals surface area contributed by atoms with E-state index >= 15 is 0 Å². The topological polar surface area (TPSA) is 70.2 Å². The Labute approximate surface area is 99.0 Å². The Morgan fingerprint density at radius 3 is 3.12 bits per heavy atom. The number of aryl methyl sites for hydroxylation is 1. The molecule has 2 rings (SSSR count). The molecule has 2 heterocycles. The molecule has 1 aliphatic rings. The fourth-order valence-electron chi connectivity index (χ4n) is 2.06. The predicted octanol–water partition coefficient (Wildman–Crippen LogP) is 2.12. The van der Waals surface area contributed by atoms with E-state index in [1.54, 1.807) is 7.05 Å². The molecule has 0 radical (unpaired) electrons. The third-order valence-electron chi connectivity index (χ3n) is 2.85. The van der Waals surface area contributed by atoms with Crippen LogP contribution < -0.4 is 0 Å². The first-order valence-corrected chi connectivity index (χ1v) is 5.58. The monoisotopic (exact) mass is 237 g/mol. The van der Waals surface area contributed by atoms with Crippen molar-refractivity contribution >= 4 is 5.69 Å². The first-order valence-electron chi connectivity index (χ1n) is 5.58. The SMILES string of the molecule is C[C@H]1C=CCC[C@@H](c2c([N+](=O)[O-])cnn2C)O1. The summed E-state index contributed by atoms with van der Waals surface area (Å²) in [6.45, 7) is 1.93. The molecule has 1 aliphatic heterocycles. The van der Waals surface area contributed by atoms with Crippen LogP contribution in [-0.2, 0) is 11.8 Å². The summed E-state index contributed by atoms with van der Waals surface area (Å²) in [4.78, 5) is 10.5. The molecule has 0 saturated heterocycles. The number of rotatable bonds is 2. The molecule has 0 N–H and O–H groups in total. The maximum absolute atomic E-state index is 10.9. The van der Waals surface area contributed by atoms with Gasteiger partial charge in [0.1, 0.15) is 18.0 Å². The van der Waals surface area contributed by atoms with E-state index in [4.69, 9.17) is 4.74 Å². The van der Waals surface area contributed by atoms with Crippen LogP contribution in [-0.4, -0.2) is 20.8 Å². The highest BCUT2D eigenvalue weighted by atomic mass is 16.6. The standard InChI is InChI=1S/C11H15N3O3/c1-8-5-3-4-6-10(17-8)11-9(14(15)16)7-12-13(11)2/h3,5,7-8,10H,4,6H2,1-2H3/t8-,10-/m0/s1. The van der Waals surface area contributed by atoms with Gasteiger partial charge in [0, 0.05) is 7.05 Å². The number of nitrogens with zero attached hydrogens (tertiary/aromatic N) is 3. The summed E-state index contributed by atoms with van der Waals surface area (Å²) in [5.74, 6) is 0. The largest absolute Gasteiger partial charge is 0.365 e. The van der Waals surface area contributed by atoms with Crippen molar-refractivity contribution in [2.24, 2.45) is 7.05 Å². The second-order valence-corrected chi connectivity index (χ2v) is 4.13. The minimum absolute atomic E-state index is 0.0306. The minimum Gasteiger partial charge on any atom is -0.365 e. The maximum atomic E-state index is 10.9. The molecule has 92 valence electrons. The van der Waals surface area contributed by atoms with Gasteiger partial charge in [-0.1, -0.05) is 12.2 Å². The summed E-state index contributed by atoms with van der Waals surface area (Å²) < 4.78 is 7.30. The van der Waals surface area contributed by atoms with Gasteiger partial charge in [0.05, 0.1) is 11.0 Å². The normalized spacial score (nSPS) is 24.6. The first kappa shape index (κ1) is 11.8. The molecular formula is C11H15N3O3. The Balaban J connectivity index is 2.32. The van der Waals surface area contributed by atoms with Crippen molar-refractivity contribution in [3.8, 4) is 0 Å². The van der Waals surface area contributed by atoms with Gasteiger partial charge in [-0.05, 0) is 19.8 Å². The molecule has 6 nitrogen and oxygen atoms in total. The Morgan fingerprint density at radius 1 is 1.65 bits per heavy atom. The second kappa shape index (κ2) is 4.67. The van der Waals surface area contributed by atoms with Crippen LogP contribution in [0.5, 0.6) is 0 Å². The zero-order valence-corrected chi connectivity index (χ0v) is 9.87. The van der Waals surface area contributed by atoms with Crippen LogP contribution in [0.1, 0.15) is 31.6 Å². The van der Waals surface area contributed by atoms with Crippen molar-refractivity contribution in [2.75, 3.05) is 0 Å². The smallest absolute Gasteiger partial charge is 0.312 e. The lowest BCUT2D eigenvalue weighted by molar-refractivity contribution is -0.386. The maximum Gasteiger partial charge on any atom is 0.312 e. The summed E-state index contributed by atoms with van der Waals surface area (Å²) >= 11 is 0. The molecule has 1 aromatic heterocycles. The molecule has 0 aromatic carbocycles. The molecule has 0 aliphatic carbocycles. The summed E-state index contributed by atoms with van der Waals surface area (Å²) in [6.07, 6.45) is 6.60. The summed E-state index contributed by atoms with van der Waals surface area (Å²) in [5.41, 5.74) is 0.581. The summed E-state index contributed by atoms with van der Waals surface area (Å²) in [6, 6.07) is 0. The van der Waals surface area contributed by atoms with Crippen LogP contribution in [0.25, 0.3) is 0 Å². The average Bonchev–Trinajstić information content (AvgIpc) is 2.52. The lowest BCUT2D eigenvalue weighted by atomic mass is 10.1. The lowest BCUT2D eigenvalue weighted by Gasteiger charge is -2.18. The van der Waals surface area contributed by atoms with Gasteiger partial charge >= 0.3 is 5.69 Å². The van der Waals surface area contributed by atoms with Gasteiger partial charge in [0.25, 0.3) is 0 Å². The van der Waals surface area contributed by atoms with Crippen molar-refractivity contribution < 1.29 is 9.66 Å². The molecule has 2 atom stereocenters. The van der Waals surface area contributed by atoms with Crippen molar-refractivity contribution in [1.29, 1.82) is 0 Å². The van der Waals surface area contributed by atoms with Gasteiger partial charge in [0.15, 0.2) is 0 Å². The minimum atomic E-state index is -0.408. The Hall–Kier alpha value is -1.69. The molecule has 0 unspecified atom stereocenters. The van der Waals surface area contributed by atoms with E-state index in [1.165, 1.54) is 10.9 Å². The molecule has 0 bridgehead atoms. The molecular weight excluding hydrogens is 222 g/mol. The van der Waals surface area contributed by atoms with E-state index in [9.17, 15) is 10.1 Å². The first-order chi connectivity index (χ1) is 8.09. The van der Waals surface area contributed by atoms with E-state index in [0.717, 1.165) is 12.8 Å². The molecule has 0 fully saturated rings. The van der Waals surface area contributed by atoms with Crippen LogP contribution in [0.15, 0.2) is 18.3 Å². The molecule has 0 spiro atoms. The van der Waals surface area contributed by atoms with Crippen LogP contribution in [0.2, 0.25) is 0 Å². The predicted molar refractivity (Wildman–Crippen MR) is 61.5 cm³/mol. The van der Waals surface area contributed by atoms with Gasteiger partial charge in [-0.3, -0.25) is 14.8 Å². The van der Waals surface area contributed by atoms with Crippen LogP contribution in [0, 0.1) is 10.1 Å². The second-order valence-electron chi connectivity index (χ2n) is 4.13. The van der Waals surface area contributed by atoms with Crippen LogP contribution in [0.4, 0.5) is 5.69 Å². The van der Waals surface area contributed by atoms with Gasteiger partial charge in [0.2, 0.25) is 0 Å². The van der Waals surface area contributed by atoms with Crippen molar-refractivity contribution in [3.63, 3.8) is 0 Å². The fourth-order valence-corrected chi connectivity index (χ4v) is 2.06. The summed E-state index contributed by atoms with van der Waals surface area (Å²) in [7, 11) is 1.70. The number of aromatic nitrogens is 2. The number of hydrogen-bond donors (Lipinski definition) is 0. The quantitative estimate of drug-likeness (QED) is 0.449. The highest BCUT2D eigenvalue weighted by Crippen LogP contribution is 2.32. The van der Waals surface area contributed by atoms with E-state index in [1.807, 2.05) is 19.1 Å². The Bertz CT molecular complexity index is 453. The van der Waals surface area contributed by atoms with Gasteiger partial charge in [-0.2, -0.15) is 5.10 Å². The zero-order chi connectivity index (χ0) is 12.4. The third kappa shape index (κ3) is 2.36. The fraction of sp³-hybridized carbons (Fsp3) is 0.545. The van der Waals surface area contributed by atoms with E-state index in [2.05, 4.69) is 5.10 Å². The van der Waals surface area contributed by atoms with Crippen molar-refractivity contribution in [1.82, 2.24) is 9.78 Å². The van der Waals surface area contributed by atoms with Crippen molar-refractivity contribution in [3.05, 3.63) is 34.2 Å². The van der Waals surface area contributed by atoms with E-state index < -0.39 is 4.92 Å². The lowest BCUT2D eigenvalue weighted by Crippen LogP contribution is -2.14. The molecule has 0 saturated carbocycles. The zero-order valence-electron chi connectivity index (χ0n) is 9.87. The highest BCUT2D eigenvalue weighted by Gasteiger charge is 2.28. The molecule has 17 heavy (non-hydrogen) atoms. The average molecular weight is 237 g/mol. The van der Waals surface area contributed by atoms with Crippen LogP contribution in [0.3, 0.4) is 0 Å². The molecule has 1 aromatic rings. The highest BCUT2D eigenvalue weighted by molar-refractivity contribution is 5.35. The Morgan fingerprint density at radius 2 is 2.41 bits per heavy atom. The van der Waals surface area contributed by atoms with Crippen molar-refractivity contribution in [2.45, 2.75) is 32.0 Å². The molecule has 6 heteroatoms. The third-order valence-corrected chi connectivity index (χ3v) is 2.85. The van der Waals surface area contributed by atoms with Gasteiger partial charge < -0.3 is 4.74 Å². The van der Waals surface area contributed by atoms with Crippen LogP contribution >= 0.6 is 0 Å². The number of ether oxygens (including phenoxy) is 1. The van der Waals surface area contributed by atoms with E-state index in [0.29, 0.717) is 5.69 Å². The van der Waals surface area contributed by atoms with Gasteiger partial charge in [-0.25, -0.2) is 0 Å². The number of hydrogen-bond acceptors (Lipinski definition) is 4. The van der Waals surface area contributed by atoms with Gasteiger partial charge in [-0.15, -0.1) is 0 Å². The Kier molecular flexibility index (Phi) is 3.23.